The van der Waals surface area contributed by atoms with Crippen LogP contribution in [0.25, 0.3) is 0 Å². The van der Waals surface area contributed by atoms with Crippen LogP contribution in [-0.4, -0.2) is 6.61 Å². The third-order valence-corrected chi connectivity index (χ3v) is 2.37. The van der Waals surface area contributed by atoms with Gasteiger partial charge in [0.05, 0.1) is 6.61 Å². The van der Waals surface area contributed by atoms with Gasteiger partial charge >= 0.3 is 0 Å². The van der Waals surface area contributed by atoms with E-state index in [0.29, 0.717) is 0 Å². The van der Waals surface area contributed by atoms with E-state index in [-0.39, 0.29) is 1.43 Å². The van der Waals surface area contributed by atoms with Gasteiger partial charge in [0.25, 0.3) is 0 Å². The first-order valence-electron chi connectivity index (χ1n) is 4.25. The standard InChI is InChI=1S/C8H17NO.H2/c9-10-7-6-8-4-2-1-3-5-8;/h8H,1-7,9H2;1H. The Hall–Kier alpha value is -0.0800. The van der Waals surface area contributed by atoms with E-state index >= 15 is 0 Å². The highest BCUT2D eigenvalue weighted by molar-refractivity contribution is 4.64. The minimum Gasteiger partial charge on any atom is -0.305 e. The van der Waals surface area contributed by atoms with Crippen LogP contribution in [0.15, 0.2) is 0 Å². The van der Waals surface area contributed by atoms with Crippen molar-refractivity contribution in [3.8, 4) is 0 Å². The zero-order valence-electron chi connectivity index (χ0n) is 6.51. The highest BCUT2D eigenvalue weighted by Crippen LogP contribution is 2.25. The second kappa shape index (κ2) is 4.69. The Morgan fingerprint density at radius 2 is 2.00 bits per heavy atom. The van der Waals surface area contributed by atoms with Crippen LogP contribution in [0, 0.1) is 5.92 Å². The Balaban J connectivity index is 0.000001000. The van der Waals surface area contributed by atoms with E-state index in [4.69, 9.17) is 5.90 Å². The summed E-state index contributed by atoms with van der Waals surface area (Å²) in [7, 11) is 0. The van der Waals surface area contributed by atoms with Crippen molar-refractivity contribution in [3.63, 3.8) is 0 Å². The summed E-state index contributed by atoms with van der Waals surface area (Å²) in [4.78, 5) is 4.54. The maximum atomic E-state index is 4.95. The SMILES string of the molecule is NOCCC1CCCCC1.[HH]. The summed E-state index contributed by atoms with van der Waals surface area (Å²) in [6, 6.07) is 0. The Morgan fingerprint density at radius 1 is 1.30 bits per heavy atom. The molecule has 0 saturated heterocycles. The maximum absolute atomic E-state index is 4.95. The molecule has 0 heterocycles. The molecule has 0 radical (unpaired) electrons. The van der Waals surface area contributed by atoms with Gasteiger partial charge in [0, 0.05) is 1.43 Å². The van der Waals surface area contributed by atoms with Gasteiger partial charge in [-0.15, -0.1) is 0 Å². The summed E-state index contributed by atoms with van der Waals surface area (Å²) >= 11 is 0. The van der Waals surface area contributed by atoms with Crippen LogP contribution < -0.4 is 5.90 Å². The molecule has 0 aliphatic heterocycles. The molecule has 1 aliphatic rings. The monoisotopic (exact) mass is 145 g/mol. The van der Waals surface area contributed by atoms with Crippen LogP contribution in [0.5, 0.6) is 0 Å². The van der Waals surface area contributed by atoms with Crippen LogP contribution in [0.4, 0.5) is 0 Å². The predicted molar refractivity (Wildman–Crippen MR) is 43.4 cm³/mol. The fourth-order valence-corrected chi connectivity index (χ4v) is 1.71. The Morgan fingerprint density at radius 3 is 2.60 bits per heavy atom. The lowest BCUT2D eigenvalue weighted by Crippen LogP contribution is -2.11. The molecule has 0 spiro atoms. The van der Waals surface area contributed by atoms with Crippen molar-refractivity contribution in [2.24, 2.45) is 11.8 Å². The van der Waals surface area contributed by atoms with Crippen molar-refractivity contribution in [2.75, 3.05) is 6.61 Å². The quantitative estimate of drug-likeness (QED) is 0.617. The fourth-order valence-electron chi connectivity index (χ4n) is 1.71. The lowest BCUT2D eigenvalue weighted by molar-refractivity contribution is 0.116. The Kier molecular flexibility index (Phi) is 3.76. The van der Waals surface area contributed by atoms with Crippen molar-refractivity contribution in [2.45, 2.75) is 38.5 Å². The van der Waals surface area contributed by atoms with Crippen molar-refractivity contribution in [3.05, 3.63) is 0 Å². The number of hydrogen-bond donors (Lipinski definition) is 1. The van der Waals surface area contributed by atoms with Crippen molar-refractivity contribution in [1.29, 1.82) is 0 Å². The zero-order valence-corrected chi connectivity index (χ0v) is 6.51. The molecule has 2 heteroatoms. The highest BCUT2D eigenvalue weighted by Gasteiger charge is 2.12. The maximum Gasteiger partial charge on any atom is 0.0681 e. The number of nitrogens with two attached hydrogens (primary N) is 1. The van der Waals surface area contributed by atoms with Gasteiger partial charge in [-0.2, -0.15) is 0 Å². The lowest BCUT2D eigenvalue weighted by Gasteiger charge is -2.20. The third-order valence-electron chi connectivity index (χ3n) is 2.37. The van der Waals surface area contributed by atoms with Crippen LogP contribution >= 0.6 is 0 Å². The van der Waals surface area contributed by atoms with Crippen LogP contribution in [0.2, 0.25) is 0 Å². The summed E-state index contributed by atoms with van der Waals surface area (Å²) in [5.41, 5.74) is 0. The first kappa shape index (κ1) is 8.02. The third kappa shape index (κ3) is 2.67. The summed E-state index contributed by atoms with van der Waals surface area (Å²) in [5, 5.41) is 0. The van der Waals surface area contributed by atoms with Gasteiger partial charge in [-0.1, -0.05) is 32.1 Å². The Labute approximate surface area is 64.2 Å². The average molecular weight is 145 g/mol. The Bertz CT molecular complexity index is 84.2. The average Bonchev–Trinajstić information content (AvgIpc) is 2.03. The summed E-state index contributed by atoms with van der Waals surface area (Å²) in [6.07, 6.45) is 8.20. The lowest BCUT2D eigenvalue weighted by atomic mass is 9.87. The molecule has 0 unspecified atom stereocenters. The summed E-state index contributed by atoms with van der Waals surface area (Å²) < 4.78 is 0. The molecule has 0 aromatic rings. The van der Waals surface area contributed by atoms with Gasteiger partial charge < -0.3 is 4.84 Å². The first-order valence-corrected chi connectivity index (χ1v) is 4.25. The molecule has 2 nitrogen and oxygen atoms in total. The molecule has 62 valence electrons. The van der Waals surface area contributed by atoms with E-state index in [2.05, 4.69) is 4.84 Å². The second-order valence-corrected chi connectivity index (χ2v) is 3.16. The molecule has 1 aliphatic carbocycles. The van der Waals surface area contributed by atoms with Gasteiger partial charge in [0.2, 0.25) is 0 Å². The van der Waals surface area contributed by atoms with Crippen LogP contribution in [-0.2, 0) is 4.84 Å². The number of rotatable bonds is 3. The van der Waals surface area contributed by atoms with Crippen LogP contribution in [0.3, 0.4) is 0 Å². The highest BCUT2D eigenvalue weighted by atomic mass is 16.6. The van der Waals surface area contributed by atoms with Crippen molar-refractivity contribution in [1.82, 2.24) is 0 Å². The molecule has 0 aromatic heterocycles. The molecular weight excluding hydrogens is 126 g/mol. The molecule has 10 heavy (non-hydrogen) atoms. The molecule has 2 N–H and O–H groups in total. The molecular formula is C8H19NO. The molecule has 0 bridgehead atoms. The molecule has 1 fully saturated rings. The van der Waals surface area contributed by atoms with Gasteiger partial charge in [-0.25, -0.2) is 5.90 Å². The van der Waals surface area contributed by atoms with E-state index in [9.17, 15) is 0 Å². The second-order valence-electron chi connectivity index (χ2n) is 3.16. The molecule has 1 rings (SSSR count). The van der Waals surface area contributed by atoms with E-state index in [1.54, 1.807) is 0 Å². The molecule has 1 saturated carbocycles. The van der Waals surface area contributed by atoms with E-state index in [1.807, 2.05) is 0 Å². The smallest absolute Gasteiger partial charge is 0.0681 e. The fraction of sp³-hybridized carbons (Fsp3) is 1.00. The van der Waals surface area contributed by atoms with Crippen molar-refractivity contribution >= 4 is 0 Å². The topological polar surface area (TPSA) is 35.2 Å². The summed E-state index contributed by atoms with van der Waals surface area (Å²) in [5.74, 6) is 5.85. The predicted octanol–water partition coefficient (Wildman–Crippen LogP) is 2.09. The van der Waals surface area contributed by atoms with Gasteiger partial charge in [-0.3, -0.25) is 0 Å². The molecule has 0 aromatic carbocycles. The van der Waals surface area contributed by atoms with Crippen molar-refractivity contribution < 1.29 is 6.26 Å². The van der Waals surface area contributed by atoms with Gasteiger partial charge in [0.1, 0.15) is 0 Å². The molecule has 0 atom stereocenters. The molecule has 0 amide bonds. The first-order chi connectivity index (χ1) is 4.93. The minimum absolute atomic E-state index is 0. The van der Waals surface area contributed by atoms with Crippen LogP contribution in [0.1, 0.15) is 40.0 Å². The van der Waals surface area contributed by atoms with E-state index in [0.717, 1.165) is 18.9 Å². The van der Waals surface area contributed by atoms with Gasteiger partial charge in [-0.05, 0) is 12.3 Å². The minimum atomic E-state index is 0. The van der Waals surface area contributed by atoms with Gasteiger partial charge in [0.15, 0.2) is 0 Å². The largest absolute Gasteiger partial charge is 0.305 e. The van der Waals surface area contributed by atoms with E-state index in [1.165, 1.54) is 32.1 Å². The van der Waals surface area contributed by atoms with E-state index < -0.39 is 0 Å². The normalized spacial score (nSPS) is 21.3. The number of hydrogen-bond acceptors (Lipinski definition) is 2. The zero-order chi connectivity index (χ0) is 7.23. The summed E-state index contributed by atoms with van der Waals surface area (Å²) in [6.45, 7) is 0.741.